The zero-order valence-electron chi connectivity index (χ0n) is 17.8. The zero-order valence-corrected chi connectivity index (χ0v) is 18.6. The van der Waals surface area contributed by atoms with Gasteiger partial charge in [-0.1, -0.05) is 5.92 Å². The molecule has 2 aliphatic rings. The van der Waals surface area contributed by atoms with Crippen molar-refractivity contribution in [1.82, 2.24) is 9.97 Å². The number of amidine groups is 1. The first-order chi connectivity index (χ1) is 15.9. The van der Waals surface area contributed by atoms with Crippen molar-refractivity contribution in [3.05, 3.63) is 41.5 Å². The number of rotatable bonds is 5. The van der Waals surface area contributed by atoms with Crippen molar-refractivity contribution in [1.29, 1.82) is 5.41 Å². The fourth-order valence-corrected chi connectivity index (χ4v) is 3.57. The first kappa shape index (κ1) is 22.9. The Morgan fingerprint density at radius 1 is 1.27 bits per heavy atom. The van der Waals surface area contributed by atoms with Crippen LogP contribution in [0, 0.1) is 23.2 Å². The monoisotopic (exact) mass is 471 g/mol. The van der Waals surface area contributed by atoms with E-state index in [9.17, 15) is 13.6 Å². The second-order valence-electron chi connectivity index (χ2n) is 7.77. The summed E-state index contributed by atoms with van der Waals surface area (Å²) in [5.74, 6) is 5.78. The smallest absolute Gasteiger partial charge is 0.281 e. The summed E-state index contributed by atoms with van der Waals surface area (Å²) in [7, 11) is 1.40. The molecule has 0 bridgehead atoms. The van der Waals surface area contributed by atoms with Crippen LogP contribution in [0.4, 0.5) is 8.78 Å². The standard InChI is InChI=1S/C23H21F2N5O2S.H2/c1-32-19-11-29-18(21(24)25)9-15(19)14-8-17(13-5-6-13)28-10-16(14)22(31)30-23(27)33-20(26)7-4-12-2-3-12;/h8-13,21,26H,2-3,5-6H2,1H3,(H2,27,30,31);1H. The van der Waals surface area contributed by atoms with E-state index in [1.54, 1.807) is 6.07 Å². The highest BCUT2D eigenvalue weighted by Crippen LogP contribution is 2.42. The molecule has 2 aromatic rings. The van der Waals surface area contributed by atoms with Gasteiger partial charge in [0.05, 0.1) is 18.9 Å². The number of ether oxygens (including phenoxy) is 1. The van der Waals surface area contributed by atoms with Gasteiger partial charge in [0, 0.05) is 36.3 Å². The number of pyridine rings is 2. The lowest BCUT2D eigenvalue weighted by Gasteiger charge is -2.14. The summed E-state index contributed by atoms with van der Waals surface area (Å²) in [6, 6.07) is 2.91. The molecule has 33 heavy (non-hydrogen) atoms. The Kier molecular flexibility index (Phi) is 6.70. The molecule has 4 rings (SSSR count). The van der Waals surface area contributed by atoms with E-state index in [0.717, 1.165) is 43.1 Å². The Bertz CT molecular complexity index is 1200. The summed E-state index contributed by atoms with van der Waals surface area (Å²) in [6.07, 6.45) is 3.81. The number of aromatic nitrogens is 2. The van der Waals surface area contributed by atoms with Crippen molar-refractivity contribution in [2.24, 2.45) is 16.6 Å². The van der Waals surface area contributed by atoms with Crippen LogP contribution in [0.2, 0.25) is 0 Å². The van der Waals surface area contributed by atoms with Gasteiger partial charge in [-0.2, -0.15) is 4.99 Å². The number of nitrogens with one attached hydrogen (secondary N) is 1. The molecule has 3 N–H and O–H groups in total. The van der Waals surface area contributed by atoms with Gasteiger partial charge in [0.1, 0.15) is 16.5 Å². The van der Waals surface area contributed by atoms with E-state index in [1.165, 1.54) is 25.6 Å². The predicted octanol–water partition coefficient (Wildman–Crippen LogP) is 4.79. The van der Waals surface area contributed by atoms with Crippen LogP contribution in [0.3, 0.4) is 0 Å². The Morgan fingerprint density at radius 3 is 2.67 bits per heavy atom. The Morgan fingerprint density at radius 2 is 2.03 bits per heavy atom. The average molecular weight is 472 g/mol. The molecule has 0 spiro atoms. The van der Waals surface area contributed by atoms with Gasteiger partial charge < -0.3 is 10.5 Å². The van der Waals surface area contributed by atoms with Crippen LogP contribution in [0.1, 0.15) is 61.2 Å². The normalized spacial score (nSPS) is 15.7. The number of hydrogen-bond acceptors (Lipinski definition) is 6. The number of carbonyl (C=O) groups excluding carboxylic acids is 1. The summed E-state index contributed by atoms with van der Waals surface area (Å²) in [6.45, 7) is 0. The summed E-state index contributed by atoms with van der Waals surface area (Å²) >= 11 is 0.788. The Hall–Kier alpha value is -3.32. The van der Waals surface area contributed by atoms with E-state index in [1.807, 2.05) is 0 Å². The molecule has 2 aromatic heterocycles. The molecule has 7 nitrogen and oxygen atoms in total. The number of nitrogens with two attached hydrogens (primary N) is 1. The van der Waals surface area contributed by atoms with Crippen LogP contribution in [0.15, 0.2) is 29.5 Å². The number of halogens is 2. The quantitative estimate of drug-likeness (QED) is 0.368. The average Bonchev–Trinajstić information content (AvgIpc) is 3.70. The number of alkyl halides is 2. The van der Waals surface area contributed by atoms with Gasteiger partial charge in [-0.05, 0) is 55.5 Å². The minimum atomic E-state index is -2.79. The first-order valence-electron chi connectivity index (χ1n) is 10.3. The molecular formula is C23H23F2N5O2S. The minimum absolute atomic E-state index is 0. The maximum Gasteiger partial charge on any atom is 0.281 e. The molecule has 1 amide bonds. The summed E-state index contributed by atoms with van der Waals surface area (Å²) in [5.41, 5.74) is 6.93. The predicted molar refractivity (Wildman–Crippen MR) is 125 cm³/mol. The van der Waals surface area contributed by atoms with Crippen LogP contribution in [0.25, 0.3) is 11.1 Å². The molecule has 2 heterocycles. The Balaban J connectivity index is 0.00000324. The minimum Gasteiger partial charge on any atom is -0.494 e. The van der Waals surface area contributed by atoms with E-state index in [0.29, 0.717) is 17.0 Å². The van der Waals surface area contributed by atoms with Gasteiger partial charge >= 0.3 is 0 Å². The largest absolute Gasteiger partial charge is 0.494 e. The molecule has 0 unspecified atom stereocenters. The van der Waals surface area contributed by atoms with Crippen molar-refractivity contribution >= 4 is 27.9 Å². The van der Waals surface area contributed by atoms with Crippen LogP contribution < -0.4 is 10.5 Å². The second-order valence-corrected chi connectivity index (χ2v) is 8.80. The number of thioether (sulfide) groups is 1. The lowest BCUT2D eigenvalue weighted by atomic mass is 9.98. The summed E-state index contributed by atoms with van der Waals surface area (Å²) in [5, 5.41) is 7.73. The molecular weight excluding hydrogens is 448 g/mol. The fourth-order valence-electron chi connectivity index (χ4n) is 3.13. The molecule has 10 heteroatoms. The molecule has 0 aliphatic heterocycles. The lowest BCUT2D eigenvalue weighted by Crippen LogP contribution is -2.13. The third-order valence-electron chi connectivity index (χ3n) is 5.16. The second kappa shape index (κ2) is 9.67. The van der Waals surface area contributed by atoms with E-state index in [-0.39, 0.29) is 28.9 Å². The first-order valence-corrected chi connectivity index (χ1v) is 11.2. The highest BCUT2D eigenvalue weighted by molar-refractivity contribution is 8.26. The van der Waals surface area contributed by atoms with Crippen LogP contribution in [-0.2, 0) is 0 Å². The Labute approximate surface area is 195 Å². The van der Waals surface area contributed by atoms with Crippen molar-refractivity contribution < 1.29 is 19.7 Å². The lowest BCUT2D eigenvalue weighted by molar-refractivity contribution is 0.100. The highest BCUT2D eigenvalue weighted by atomic mass is 32.2. The molecule has 0 radical (unpaired) electrons. The SMILES string of the molecule is COc1cnc(C(F)F)cc1-c1cc(C2CC2)ncc1C(=O)N=C(N)SC(=N)C#CC1CC1.[HH]. The number of hydrogen-bond donors (Lipinski definition) is 2. The number of amides is 1. The third kappa shape index (κ3) is 5.73. The van der Waals surface area contributed by atoms with E-state index in [2.05, 4.69) is 26.8 Å². The topological polar surface area (TPSA) is 114 Å². The van der Waals surface area contributed by atoms with Crippen molar-refractivity contribution in [3.63, 3.8) is 0 Å². The van der Waals surface area contributed by atoms with Gasteiger partial charge in [0.25, 0.3) is 12.3 Å². The third-order valence-corrected chi connectivity index (χ3v) is 5.77. The molecule has 2 saturated carbocycles. The van der Waals surface area contributed by atoms with E-state index < -0.39 is 18.0 Å². The number of carbonyl (C=O) groups is 1. The fraction of sp³-hybridized carbons (Fsp3) is 0.348. The van der Waals surface area contributed by atoms with Gasteiger partial charge in [-0.25, -0.2) is 8.78 Å². The zero-order chi connectivity index (χ0) is 23.5. The molecule has 172 valence electrons. The molecule has 0 aromatic carbocycles. The maximum atomic E-state index is 13.3. The van der Waals surface area contributed by atoms with Gasteiger partial charge in [0.15, 0.2) is 5.17 Å². The number of nitrogens with zero attached hydrogens (tertiary/aromatic N) is 3. The van der Waals surface area contributed by atoms with Gasteiger partial charge in [-0.15, -0.1) is 0 Å². The van der Waals surface area contributed by atoms with Gasteiger partial charge in [0.2, 0.25) is 0 Å². The highest BCUT2D eigenvalue weighted by Gasteiger charge is 2.28. The van der Waals surface area contributed by atoms with Crippen LogP contribution in [0.5, 0.6) is 5.75 Å². The van der Waals surface area contributed by atoms with Crippen molar-refractivity contribution in [3.8, 4) is 28.7 Å². The molecule has 0 atom stereocenters. The van der Waals surface area contributed by atoms with E-state index >= 15 is 0 Å². The number of aliphatic imine (C=N–C) groups is 1. The number of methoxy groups -OCH3 is 1. The van der Waals surface area contributed by atoms with Gasteiger partial charge in [-0.3, -0.25) is 20.2 Å². The van der Waals surface area contributed by atoms with Crippen molar-refractivity contribution in [2.45, 2.75) is 38.0 Å². The van der Waals surface area contributed by atoms with Crippen molar-refractivity contribution in [2.75, 3.05) is 7.11 Å². The molecule has 2 aliphatic carbocycles. The van der Waals surface area contributed by atoms with E-state index in [4.69, 9.17) is 15.9 Å². The molecule has 0 saturated heterocycles. The maximum absolute atomic E-state index is 13.3. The molecule has 2 fully saturated rings. The summed E-state index contributed by atoms with van der Waals surface area (Å²) < 4.78 is 32.0. The van der Waals surface area contributed by atoms with Crippen LogP contribution in [-0.4, -0.2) is 33.2 Å². The summed E-state index contributed by atoms with van der Waals surface area (Å²) in [4.78, 5) is 25.0. The van der Waals surface area contributed by atoms with Crippen LogP contribution >= 0.6 is 11.8 Å².